The molecule has 4 N–H and O–H groups in total. The molecule has 5 heteroatoms. The van der Waals surface area contributed by atoms with Crippen molar-refractivity contribution in [1.82, 2.24) is 10.6 Å². The highest BCUT2D eigenvalue weighted by Gasteiger charge is 2.24. The Hall–Kier alpha value is -2.82. The summed E-state index contributed by atoms with van der Waals surface area (Å²) in [5.74, 6) is -0.298. The van der Waals surface area contributed by atoms with Gasteiger partial charge in [-0.15, -0.1) is 0 Å². The molecule has 3 amide bonds. The number of nitrogens with two attached hydrogens (primary N) is 1. The van der Waals surface area contributed by atoms with Gasteiger partial charge in [0.05, 0.1) is 6.04 Å². The van der Waals surface area contributed by atoms with Gasteiger partial charge < -0.3 is 16.4 Å². The fourth-order valence-electron chi connectivity index (χ4n) is 2.67. The topological polar surface area (TPSA) is 84.2 Å². The fourth-order valence-corrected chi connectivity index (χ4v) is 2.67. The third-order valence-corrected chi connectivity index (χ3v) is 4.12. The SMILES string of the molecule is CC(C)[C@H](NC(N)=O)C(=O)N[C@@H](C)c1ccc(-c2ccccc2)cc1. The van der Waals surface area contributed by atoms with Crippen molar-refractivity contribution in [2.24, 2.45) is 11.7 Å². The Bertz CT molecular complexity index is 711. The molecule has 0 unspecified atom stereocenters. The number of carbonyl (C=O) groups is 2. The molecule has 2 rings (SSSR count). The Labute approximate surface area is 148 Å². The summed E-state index contributed by atoms with van der Waals surface area (Å²) >= 11 is 0. The lowest BCUT2D eigenvalue weighted by Crippen LogP contribution is -2.51. The molecule has 5 nitrogen and oxygen atoms in total. The number of nitrogens with one attached hydrogen (secondary N) is 2. The molecule has 132 valence electrons. The van der Waals surface area contributed by atoms with Crippen LogP contribution in [-0.4, -0.2) is 18.0 Å². The highest BCUT2D eigenvalue weighted by molar-refractivity contribution is 5.87. The van der Waals surface area contributed by atoms with E-state index in [4.69, 9.17) is 5.73 Å². The van der Waals surface area contributed by atoms with Gasteiger partial charge in [-0.05, 0) is 29.5 Å². The molecule has 2 aromatic carbocycles. The Balaban J connectivity index is 2.06. The molecule has 0 radical (unpaired) electrons. The van der Waals surface area contributed by atoms with Crippen LogP contribution < -0.4 is 16.4 Å². The summed E-state index contributed by atoms with van der Waals surface area (Å²) in [5.41, 5.74) is 8.42. The third-order valence-electron chi connectivity index (χ3n) is 4.12. The van der Waals surface area contributed by atoms with Crippen LogP contribution in [0.3, 0.4) is 0 Å². The minimum Gasteiger partial charge on any atom is -0.352 e. The minimum absolute atomic E-state index is 0.0554. The predicted octanol–water partition coefficient (Wildman–Crippen LogP) is 3.22. The summed E-state index contributed by atoms with van der Waals surface area (Å²) in [6.07, 6.45) is 0. The van der Waals surface area contributed by atoms with Crippen molar-refractivity contribution in [3.8, 4) is 11.1 Å². The van der Waals surface area contributed by atoms with Crippen molar-refractivity contribution in [3.05, 3.63) is 60.2 Å². The number of rotatable bonds is 6. The smallest absolute Gasteiger partial charge is 0.312 e. The second-order valence-electron chi connectivity index (χ2n) is 6.45. The van der Waals surface area contributed by atoms with Gasteiger partial charge in [0.25, 0.3) is 0 Å². The molecule has 0 heterocycles. The lowest BCUT2D eigenvalue weighted by atomic mass is 10.00. The first-order valence-corrected chi connectivity index (χ1v) is 8.40. The first kappa shape index (κ1) is 18.5. The highest BCUT2D eigenvalue weighted by atomic mass is 16.2. The zero-order valence-electron chi connectivity index (χ0n) is 14.8. The molecular formula is C20H25N3O2. The Morgan fingerprint density at radius 1 is 0.840 bits per heavy atom. The number of primary amides is 1. The van der Waals surface area contributed by atoms with Crippen LogP contribution in [0.25, 0.3) is 11.1 Å². The van der Waals surface area contributed by atoms with Gasteiger partial charge in [-0.25, -0.2) is 4.79 Å². The molecule has 0 aromatic heterocycles. The molecule has 25 heavy (non-hydrogen) atoms. The normalized spacial score (nSPS) is 13.1. The van der Waals surface area contributed by atoms with Crippen LogP contribution in [-0.2, 0) is 4.79 Å². The quantitative estimate of drug-likeness (QED) is 0.755. The highest BCUT2D eigenvalue weighted by Crippen LogP contribution is 2.22. The first-order chi connectivity index (χ1) is 11.9. The van der Waals surface area contributed by atoms with Gasteiger partial charge in [0.1, 0.15) is 6.04 Å². The van der Waals surface area contributed by atoms with E-state index in [0.29, 0.717) is 0 Å². The van der Waals surface area contributed by atoms with E-state index >= 15 is 0 Å². The number of urea groups is 1. The number of benzene rings is 2. The van der Waals surface area contributed by atoms with E-state index in [9.17, 15) is 9.59 Å². The van der Waals surface area contributed by atoms with Crippen LogP contribution >= 0.6 is 0 Å². The summed E-state index contributed by atoms with van der Waals surface area (Å²) in [7, 11) is 0. The van der Waals surface area contributed by atoms with Gasteiger partial charge in [-0.1, -0.05) is 68.4 Å². The molecule has 0 saturated heterocycles. The van der Waals surface area contributed by atoms with E-state index in [0.717, 1.165) is 16.7 Å². The number of hydrogen-bond acceptors (Lipinski definition) is 2. The predicted molar refractivity (Wildman–Crippen MR) is 99.8 cm³/mol. The van der Waals surface area contributed by atoms with Gasteiger partial charge in [0.2, 0.25) is 5.91 Å². The van der Waals surface area contributed by atoms with Crippen molar-refractivity contribution >= 4 is 11.9 Å². The fraction of sp³-hybridized carbons (Fsp3) is 0.300. The van der Waals surface area contributed by atoms with Gasteiger partial charge in [0.15, 0.2) is 0 Å². The molecule has 2 atom stereocenters. The summed E-state index contributed by atoms with van der Waals surface area (Å²) < 4.78 is 0. The largest absolute Gasteiger partial charge is 0.352 e. The third kappa shape index (κ3) is 5.08. The Morgan fingerprint density at radius 2 is 1.40 bits per heavy atom. The van der Waals surface area contributed by atoms with Crippen molar-refractivity contribution < 1.29 is 9.59 Å². The molecule has 0 fully saturated rings. The monoisotopic (exact) mass is 339 g/mol. The second-order valence-corrected chi connectivity index (χ2v) is 6.45. The molecule has 0 aliphatic rings. The molecule has 2 aromatic rings. The molecule has 0 aliphatic carbocycles. The van der Waals surface area contributed by atoms with E-state index in [1.54, 1.807) is 0 Å². The van der Waals surface area contributed by atoms with Crippen LogP contribution in [0.15, 0.2) is 54.6 Å². The molecule has 0 aliphatic heterocycles. The molecule has 0 bridgehead atoms. The number of carbonyl (C=O) groups excluding carboxylic acids is 2. The maximum Gasteiger partial charge on any atom is 0.312 e. The van der Waals surface area contributed by atoms with Crippen LogP contribution in [0.4, 0.5) is 4.79 Å². The van der Waals surface area contributed by atoms with E-state index in [-0.39, 0.29) is 17.9 Å². The molecular weight excluding hydrogens is 314 g/mol. The number of amides is 3. The van der Waals surface area contributed by atoms with Crippen molar-refractivity contribution in [2.75, 3.05) is 0 Å². The van der Waals surface area contributed by atoms with E-state index in [2.05, 4.69) is 22.8 Å². The van der Waals surface area contributed by atoms with Crippen LogP contribution in [0.5, 0.6) is 0 Å². The van der Waals surface area contributed by atoms with Crippen LogP contribution in [0, 0.1) is 5.92 Å². The Kier molecular flexibility index (Phi) is 6.17. The molecule has 0 spiro atoms. The van der Waals surface area contributed by atoms with Crippen LogP contribution in [0.1, 0.15) is 32.4 Å². The maximum absolute atomic E-state index is 12.4. The van der Waals surface area contributed by atoms with Gasteiger partial charge in [0, 0.05) is 0 Å². The molecule has 0 saturated carbocycles. The second kappa shape index (κ2) is 8.33. The summed E-state index contributed by atoms with van der Waals surface area (Å²) in [4.78, 5) is 23.5. The van der Waals surface area contributed by atoms with Crippen molar-refractivity contribution in [3.63, 3.8) is 0 Å². The zero-order valence-corrected chi connectivity index (χ0v) is 14.8. The lowest BCUT2D eigenvalue weighted by Gasteiger charge is -2.23. The average molecular weight is 339 g/mol. The van der Waals surface area contributed by atoms with E-state index in [1.165, 1.54) is 0 Å². The van der Waals surface area contributed by atoms with Gasteiger partial charge in [-0.3, -0.25) is 4.79 Å². The summed E-state index contributed by atoms with van der Waals surface area (Å²) in [6, 6.07) is 16.7. The van der Waals surface area contributed by atoms with Crippen molar-refractivity contribution in [1.29, 1.82) is 0 Å². The first-order valence-electron chi connectivity index (χ1n) is 8.40. The number of hydrogen-bond donors (Lipinski definition) is 3. The summed E-state index contributed by atoms with van der Waals surface area (Å²) in [5, 5.41) is 5.43. The lowest BCUT2D eigenvalue weighted by molar-refractivity contribution is -0.124. The maximum atomic E-state index is 12.4. The Morgan fingerprint density at radius 3 is 1.92 bits per heavy atom. The van der Waals surface area contributed by atoms with Gasteiger partial charge in [-0.2, -0.15) is 0 Å². The zero-order chi connectivity index (χ0) is 18.4. The summed E-state index contributed by atoms with van der Waals surface area (Å²) in [6.45, 7) is 5.64. The van der Waals surface area contributed by atoms with E-state index < -0.39 is 12.1 Å². The van der Waals surface area contributed by atoms with Crippen molar-refractivity contribution in [2.45, 2.75) is 32.9 Å². The standard InChI is InChI=1S/C20H25N3O2/c1-13(2)18(23-20(21)25)19(24)22-14(3)15-9-11-17(12-10-15)16-7-5-4-6-8-16/h4-14,18H,1-3H3,(H,22,24)(H3,21,23,25)/t14-,18-/m0/s1. The minimum atomic E-state index is -0.700. The van der Waals surface area contributed by atoms with Crippen LogP contribution in [0.2, 0.25) is 0 Å². The average Bonchev–Trinajstić information content (AvgIpc) is 2.60. The van der Waals surface area contributed by atoms with Gasteiger partial charge >= 0.3 is 6.03 Å². The van der Waals surface area contributed by atoms with E-state index in [1.807, 2.05) is 63.2 Å².